The molecule has 18 heavy (non-hydrogen) atoms. The average molecular weight is 261 g/mol. The van der Waals surface area contributed by atoms with Crippen LogP contribution < -0.4 is 0 Å². The largest absolute Gasteiger partial charge is 0.338 e. The normalized spacial score (nSPS) is 11.1. The van der Waals surface area contributed by atoms with Gasteiger partial charge < -0.3 is 4.98 Å². The summed E-state index contributed by atoms with van der Waals surface area (Å²) in [7, 11) is 0. The van der Waals surface area contributed by atoms with Crippen LogP contribution in [-0.4, -0.2) is 9.97 Å². The molecule has 0 saturated carbocycles. The summed E-state index contributed by atoms with van der Waals surface area (Å²) in [4.78, 5) is 7.35. The van der Waals surface area contributed by atoms with Gasteiger partial charge in [-0.05, 0) is 30.7 Å². The maximum absolute atomic E-state index is 13.6. The molecule has 0 spiro atoms. The summed E-state index contributed by atoms with van der Waals surface area (Å²) >= 11 is 6.08. The second-order valence-electron chi connectivity index (χ2n) is 4.19. The van der Waals surface area contributed by atoms with Crippen molar-refractivity contribution in [3.8, 4) is 11.4 Å². The average Bonchev–Trinajstić information content (AvgIpc) is 2.78. The van der Waals surface area contributed by atoms with Crippen LogP contribution >= 0.6 is 11.6 Å². The minimum absolute atomic E-state index is 0.326. The number of para-hydroxylation sites is 1. The van der Waals surface area contributed by atoms with E-state index >= 15 is 0 Å². The highest BCUT2D eigenvalue weighted by Crippen LogP contribution is 2.26. The van der Waals surface area contributed by atoms with Gasteiger partial charge in [-0.2, -0.15) is 0 Å². The Morgan fingerprint density at radius 3 is 2.78 bits per heavy atom. The molecule has 0 bridgehead atoms. The molecule has 0 aliphatic heterocycles. The van der Waals surface area contributed by atoms with Gasteiger partial charge in [-0.15, -0.1) is 0 Å². The van der Waals surface area contributed by atoms with Crippen molar-refractivity contribution >= 4 is 22.6 Å². The summed E-state index contributed by atoms with van der Waals surface area (Å²) in [5.74, 6) is 0.296. The first-order chi connectivity index (χ1) is 8.65. The van der Waals surface area contributed by atoms with E-state index in [1.54, 1.807) is 12.1 Å². The van der Waals surface area contributed by atoms with Gasteiger partial charge in [0.05, 0.1) is 5.52 Å². The molecule has 0 atom stereocenters. The highest BCUT2D eigenvalue weighted by Gasteiger charge is 2.09. The van der Waals surface area contributed by atoms with E-state index in [4.69, 9.17) is 11.6 Å². The van der Waals surface area contributed by atoms with Gasteiger partial charge in [0, 0.05) is 10.6 Å². The third-order valence-electron chi connectivity index (χ3n) is 2.91. The molecule has 1 aromatic heterocycles. The van der Waals surface area contributed by atoms with Crippen molar-refractivity contribution in [2.45, 2.75) is 6.92 Å². The zero-order valence-corrected chi connectivity index (χ0v) is 10.4. The third kappa shape index (κ3) is 1.77. The molecule has 1 N–H and O–H groups in total. The molecule has 0 aliphatic rings. The number of hydrogen-bond donors (Lipinski definition) is 1. The summed E-state index contributed by atoms with van der Waals surface area (Å²) in [6.45, 7) is 1.93. The quantitative estimate of drug-likeness (QED) is 0.693. The molecule has 3 rings (SSSR count). The van der Waals surface area contributed by atoms with Crippen LogP contribution in [0.25, 0.3) is 22.4 Å². The molecule has 2 nitrogen and oxygen atoms in total. The van der Waals surface area contributed by atoms with E-state index in [1.807, 2.05) is 25.1 Å². The number of nitrogens with one attached hydrogen (secondary N) is 1. The van der Waals surface area contributed by atoms with Gasteiger partial charge in [0.15, 0.2) is 5.82 Å². The van der Waals surface area contributed by atoms with E-state index in [9.17, 15) is 4.39 Å². The molecule has 0 radical (unpaired) electrons. The van der Waals surface area contributed by atoms with E-state index in [-0.39, 0.29) is 5.82 Å². The van der Waals surface area contributed by atoms with E-state index in [2.05, 4.69) is 9.97 Å². The summed E-state index contributed by atoms with van der Waals surface area (Å²) in [5, 5.41) is 0.674. The Morgan fingerprint density at radius 2 is 2.06 bits per heavy atom. The molecule has 1 heterocycles. The Balaban J connectivity index is 2.19. The molecule has 2 aromatic carbocycles. The second-order valence-corrected chi connectivity index (χ2v) is 4.59. The minimum Gasteiger partial charge on any atom is -0.338 e. The Morgan fingerprint density at radius 1 is 1.22 bits per heavy atom. The van der Waals surface area contributed by atoms with Gasteiger partial charge in [0.1, 0.15) is 11.3 Å². The standard InChI is InChI=1S/C14H10ClFN2/c1-8-5-6-9(7-10(8)15)14-17-12-4-2-3-11(16)13(12)18-14/h2-7H,1H3,(H,17,18). The Labute approximate surface area is 108 Å². The number of aromatic amines is 1. The monoisotopic (exact) mass is 260 g/mol. The zero-order valence-electron chi connectivity index (χ0n) is 9.67. The lowest BCUT2D eigenvalue weighted by Gasteiger charge is -2.00. The number of nitrogens with zero attached hydrogens (tertiary/aromatic N) is 1. The van der Waals surface area contributed by atoms with Crippen LogP contribution in [0.3, 0.4) is 0 Å². The zero-order chi connectivity index (χ0) is 12.7. The van der Waals surface area contributed by atoms with Gasteiger partial charge in [-0.3, -0.25) is 0 Å². The van der Waals surface area contributed by atoms with Crippen LogP contribution in [-0.2, 0) is 0 Å². The van der Waals surface area contributed by atoms with Crippen molar-refractivity contribution in [1.29, 1.82) is 0 Å². The topological polar surface area (TPSA) is 28.7 Å². The van der Waals surface area contributed by atoms with Gasteiger partial charge in [0.2, 0.25) is 0 Å². The SMILES string of the molecule is Cc1ccc(-c2nc3c(F)cccc3[nH]2)cc1Cl. The second kappa shape index (κ2) is 4.10. The molecule has 0 amide bonds. The Hall–Kier alpha value is -1.87. The predicted molar refractivity (Wildman–Crippen MR) is 71.2 cm³/mol. The first kappa shape index (κ1) is 11.2. The van der Waals surface area contributed by atoms with Crippen molar-refractivity contribution in [2.24, 2.45) is 0 Å². The van der Waals surface area contributed by atoms with Crippen LogP contribution in [0.2, 0.25) is 5.02 Å². The number of hydrogen-bond acceptors (Lipinski definition) is 1. The van der Waals surface area contributed by atoms with Crippen molar-refractivity contribution < 1.29 is 4.39 Å². The number of fused-ring (bicyclic) bond motifs is 1. The van der Waals surface area contributed by atoms with Crippen molar-refractivity contribution in [3.63, 3.8) is 0 Å². The number of benzene rings is 2. The Kier molecular flexibility index (Phi) is 2.56. The molecular formula is C14H10ClFN2. The molecule has 0 fully saturated rings. The highest BCUT2D eigenvalue weighted by molar-refractivity contribution is 6.31. The van der Waals surface area contributed by atoms with E-state index < -0.39 is 0 Å². The third-order valence-corrected chi connectivity index (χ3v) is 3.32. The molecular weight excluding hydrogens is 251 g/mol. The van der Waals surface area contributed by atoms with Crippen molar-refractivity contribution in [2.75, 3.05) is 0 Å². The predicted octanol–water partition coefficient (Wildman–Crippen LogP) is 4.33. The lowest BCUT2D eigenvalue weighted by Crippen LogP contribution is -1.82. The lowest BCUT2D eigenvalue weighted by molar-refractivity contribution is 0.637. The smallest absolute Gasteiger partial charge is 0.151 e. The molecule has 0 saturated heterocycles. The molecule has 4 heteroatoms. The van der Waals surface area contributed by atoms with Crippen LogP contribution in [0.4, 0.5) is 4.39 Å². The summed E-state index contributed by atoms with van der Waals surface area (Å²) in [6, 6.07) is 10.5. The number of imidazole rings is 1. The lowest BCUT2D eigenvalue weighted by atomic mass is 10.1. The van der Waals surface area contributed by atoms with Gasteiger partial charge in [0.25, 0.3) is 0 Å². The van der Waals surface area contributed by atoms with E-state index in [1.165, 1.54) is 6.07 Å². The summed E-state index contributed by atoms with van der Waals surface area (Å²) in [5.41, 5.74) is 2.88. The van der Waals surface area contributed by atoms with Crippen LogP contribution in [0, 0.1) is 12.7 Å². The van der Waals surface area contributed by atoms with Crippen LogP contribution in [0.5, 0.6) is 0 Å². The van der Waals surface area contributed by atoms with Crippen molar-refractivity contribution in [3.05, 3.63) is 52.8 Å². The Bertz CT molecular complexity index is 734. The number of halogens is 2. The minimum atomic E-state index is -0.326. The highest BCUT2D eigenvalue weighted by atomic mass is 35.5. The maximum Gasteiger partial charge on any atom is 0.151 e. The van der Waals surface area contributed by atoms with Crippen molar-refractivity contribution in [1.82, 2.24) is 9.97 Å². The number of aromatic nitrogens is 2. The molecule has 0 aliphatic carbocycles. The molecule has 90 valence electrons. The number of aryl methyl sites for hydroxylation is 1. The van der Waals surface area contributed by atoms with Crippen LogP contribution in [0.15, 0.2) is 36.4 Å². The number of H-pyrrole nitrogens is 1. The summed E-state index contributed by atoms with van der Waals surface area (Å²) in [6.07, 6.45) is 0. The fourth-order valence-corrected chi connectivity index (χ4v) is 2.05. The fourth-order valence-electron chi connectivity index (χ4n) is 1.87. The maximum atomic E-state index is 13.6. The first-order valence-corrected chi connectivity index (χ1v) is 5.94. The van der Waals surface area contributed by atoms with Gasteiger partial charge in [-0.25, -0.2) is 9.37 Å². The van der Waals surface area contributed by atoms with Crippen LogP contribution in [0.1, 0.15) is 5.56 Å². The van der Waals surface area contributed by atoms with E-state index in [0.717, 1.165) is 11.1 Å². The first-order valence-electron chi connectivity index (χ1n) is 5.56. The fraction of sp³-hybridized carbons (Fsp3) is 0.0714. The molecule has 3 aromatic rings. The summed E-state index contributed by atoms with van der Waals surface area (Å²) < 4.78 is 13.6. The number of rotatable bonds is 1. The molecule has 0 unspecified atom stereocenters. The van der Waals surface area contributed by atoms with Gasteiger partial charge >= 0.3 is 0 Å². The van der Waals surface area contributed by atoms with Gasteiger partial charge in [-0.1, -0.05) is 29.8 Å². The van der Waals surface area contributed by atoms with E-state index in [0.29, 0.717) is 21.9 Å².